The fraction of sp³-hybridized carbons (Fsp3) is 0.333. The van der Waals surface area contributed by atoms with Crippen molar-refractivity contribution in [3.8, 4) is 11.4 Å². The normalized spacial score (nSPS) is 12.6. The van der Waals surface area contributed by atoms with Crippen LogP contribution >= 0.6 is 0 Å². The molecule has 0 radical (unpaired) electrons. The summed E-state index contributed by atoms with van der Waals surface area (Å²) < 4.78 is 34.7. The van der Waals surface area contributed by atoms with Crippen molar-refractivity contribution in [1.29, 1.82) is 0 Å². The Bertz CT molecular complexity index is 1110. The van der Waals surface area contributed by atoms with Crippen LogP contribution in [0, 0.1) is 5.92 Å². The van der Waals surface area contributed by atoms with E-state index >= 15 is 0 Å². The Balaban J connectivity index is 1.75. The topological polar surface area (TPSA) is 124 Å². The van der Waals surface area contributed by atoms with Gasteiger partial charge in [-0.3, -0.25) is 9.78 Å². The van der Waals surface area contributed by atoms with Gasteiger partial charge in [0.15, 0.2) is 9.84 Å². The van der Waals surface area contributed by atoms with Gasteiger partial charge in [0.1, 0.15) is 6.04 Å². The monoisotopic (exact) mass is 444 g/mol. The van der Waals surface area contributed by atoms with E-state index in [0.29, 0.717) is 11.4 Å². The number of pyridine rings is 1. The summed E-state index contributed by atoms with van der Waals surface area (Å²) in [5.41, 5.74) is 1.08. The summed E-state index contributed by atoms with van der Waals surface area (Å²) in [4.78, 5) is 21.3. The molecular formula is C21H24N4O5S. The number of sulfone groups is 1. The van der Waals surface area contributed by atoms with Crippen molar-refractivity contribution < 1.29 is 22.5 Å². The van der Waals surface area contributed by atoms with Crippen molar-refractivity contribution in [2.24, 2.45) is 5.92 Å². The molecule has 1 aromatic carbocycles. The summed E-state index contributed by atoms with van der Waals surface area (Å²) >= 11 is 0. The molecule has 10 heteroatoms. The minimum atomic E-state index is -3.46. The van der Waals surface area contributed by atoms with Gasteiger partial charge in [-0.1, -0.05) is 19.0 Å². The molecule has 9 nitrogen and oxygen atoms in total. The number of carbonyl (C=O) groups is 1. The minimum absolute atomic E-state index is 0.0246. The van der Waals surface area contributed by atoms with E-state index in [2.05, 4.69) is 20.4 Å². The van der Waals surface area contributed by atoms with Crippen LogP contribution < -0.4 is 5.32 Å². The van der Waals surface area contributed by atoms with Gasteiger partial charge in [0.2, 0.25) is 11.7 Å². The average Bonchev–Trinajstić information content (AvgIpc) is 3.26. The van der Waals surface area contributed by atoms with E-state index in [4.69, 9.17) is 9.26 Å². The second-order valence-corrected chi connectivity index (χ2v) is 9.33. The lowest BCUT2D eigenvalue weighted by Crippen LogP contribution is -2.32. The van der Waals surface area contributed by atoms with Gasteiger partial charge in [-0.15, -0.1) is 0 Å². The summed E-state index contributed by atoms with van der Waals surface area (Å²) in [6.07, 6.45) is 3.26. The molecule has 0 aliphatic rings. The zero-order chi connectivity index (χ0) is 22.4. The number of nitrogens with one attached hydrogen (secondary N) is 1. The Morgan fingerprint density at radius 3 is 2.42 bits per heavy atom. The Morgan fingerprint density at radius 1 is 1.13 bits per heavy atom. The molecule has 1 unspecified atom stereocenters. The molecule has 2 aromatic heterocycles. The van der Waals surface area contributed by atoms with E-state index in [9.17, 15) is 13.2 Å². The highest BCUT2D eigenvalue weighted by Crippen LogP contribution is 2.24. The second kappa shape index (κ2) is 9.80. The third-order valence-electron chi connectivity index (χ3n) is 4.63. The summed E-state index contributed by atoms with van der Waals surface area (Å²) in [5.74, 6) is 0.171. The smallest absolute Gasteiger partial charge is 0.251 e. The maximum absolute atomic E-state index is 12.8. The third kappa shape index (κ3) is 5.53. The van der Waals surface area contributed by atoms with Gasteiger partial charge in [-0.2, -0.15) is 4.98 Å². The SMILES string of the molecule is COCCS(=O)(=O)c1ccc(C(=O)NC(c2nc(-c3ccncc3)no2)C(C)C)cc1. The van der Waals surface area contributed by atoms with Crippen molar-refractivity contribution in [3.63, 3.8) is 0 Å². The first-order chi connectivity index (χ1) is 14.8. The largest absolute Gasteiger partial charge is 0.384 e. The Kier molecular flexibility index (Phi) is 7.13. The molecule has 31 heavy (non-hydrogen) atoms. The number of hydrogen-bond acceptors (Lipinski definition) is 8. The molecule has 0 saturated heterocycles. The maximum Gasteiger partial charge on any atom is 0.251 e. The van der Waals surface area contributed by atoms with Crippen LogP contribution in [-0.2, 0) is 14.6 Å². The lowest BCUT2D eigenvalue weighted by atomic mass is 10.0. The number of methoxy groups -OCH3 is 1. The van der Waals surface area contributed by atoms with E-state index in [0.717, 1.165) is 5.56 Å². The fourth-order valence-corrected chi connectivity index (χ4v) is 4.01. The number of hydrogen-bond donors (Lipinski definition) is 1. The Morgan fingerprint density at radius 2 is 1.81 bits per heavy atom. The quantitative estimate of drug-likeness (QED) is 0.534. The molecule has 0 saturated carbocycles. The van der Waals surface area contributed by atoms with Gasteiger partial charge in [0.05, 0.1) is 17.3 Å². The van der Waals surface area contributed by atoms with E-state index in [-0.39, 0.29) is 35.0 Å². The Labute approximate surface area is 180 Å². The number of aromatic nitrogens is 3. The third-order valence-corrected chi connectivity index (χ3v) is 6.33. The maximum atomic E-state index is 12.8. The van der Waals surface area contributed by atoms with Gasteiger partial charge in [0.25, 0.3) is 5.91 Å². The van der Waals surface area contributed by atoms with Crippen LogP contribution in [0.3, 0.4) is 0 Å². The summed E-state index contributed by atoms with van der Waals surface area (Å²) in [7, 11) is -2.02. The first kappa shape index (κ1) is 22.6. The van der Waals surface area contributed by atoms with Crippen molar-refractivity contribution in [3.05, 3.63) is 60.2 Å². The molecule has 1 N–H and O–H groups in total. The molecule has 0 aliphatic heterocycles. The zero-order valence-corrected chi connectivity index (χ0v) is 18.3. The number of rotatable bonds is 9. The van der Waals surface area contributed by atoms with Gasteiger partial charge in [-0.05, 0) is 42.3 Å². The molecular weight excluding hydrogens is 420 g/mol. The summed E-state index contributed by atoms with van der Waals surface area (Å²) in [6.45, 7) is 3.95. The summed E-state index contributed by atoms with van der Waals surface area (Å²) in [5, 5.41) is 6.88. The van der Waals surface area contributed by atoms with Crippen molar-refractivity contribution in [2.75, 3.05) is 19.5 Å². The second-order valence-electron chi connectivity index (χ2n) is 7.22. The van der Waals surface area contributed by atoms with Crippen LogP contribution in [-0.4, -0.2) is 48.9 Å². The highest BCUT2D eigenvalue weighted by Gasteiger charge is 2.25. The average molecular weight is 445 g/mol. The van der Waals surface area contributed by atoms with Crippen molar-refractivity contribution in [2.45, 2.75) is 24.8 Å². The first-order valence-electron chi connectivity index (χ1n) is 9.68. The molecule has 3 rings (SSSR count). The van der Waals surface area contributed by atoms with Crippen LogP contribution in [0.4, 0.5) is 0 Å². The number of benzene rings is 1. The van der Waals surface area contributed by atoms with E-state index in [1.807, 2.05) is 13.8 Å². The number of ether oxygens (including phenoxy) is 1. The predicted octanol–water partition coefficient (Wildman–Crippen LogP) is 2.68. The van der Waals surface area contributed by atoms with E-state index < -0.39 is 15.9 Å². The van der Waals surface area contributed by atoms with Crippen molar-refractivity contribution >= 4 is 15.7 Å². The Hall–Kier alpha value is -3.11. The van der Waals surface area contributed by atoms with Gasteiger partial charge < -0.3 is 14.6 Å². The van der Waals surface area contributed by atoms with Crippen LogP contribution in [0.1, 0.15) is 36.1 Å². The fourth-order valence-electron chi connectivity index (χ4n) is 2.84. The van der Waals surface area contributed by atoms with Crippen LogP contribution in [0.2, 0.25) is 0 Å². The molecule has 3 aromatic rings. The van der Waals surface area contributed by atoms with Gasteiger partial charge in [-0.25, -0.2) is 8.42 Å². The lowest BCUT2D eigenvalue weighted by Gasteiger charge is -2.18. The molecule has 0 fully saturated rings. The molecule has 0 bridgehead atoms. The van der Waals surface area contributed by atoms with Crippen LogP contribution in [0.5, 0.6) is 0 Å². The van der Waals surface area contributed by atoms with Crippen LogP contribution in [0.25, 0.3) is 11.4 Å². The van der Waals surface area contributed by atoms with Gasteiger partial charge in [0, 0.05) is 30.6 Å². The highest BCUT2D eigenvalue weighted by molar-refractivity contribution is 7.91. The van der Waals surface area contributed by atoms with E-state index in [1.165, 1.54) is 31.4 Å². The summed E-state index contributed by atoms with van der Waals surface area (Å²) in [6, 6.07) is 8.79. The number of carbonyl (C=O) groups excluding carboxylic acids is 1. The minimum Gasteiger partial charge on any atom is -0.384 e. The molecule has 164 valence electrons. The molecule has 1 atom stereocenters. The highest BCUT2D eigenvalue weighted by atomic mass is 32.2. The van der Waals surface area contributed by atoms with Gasteiger partial charge >= 0.3 is 0 Å². The number of nitrogens with zero attached hydrogens (tertiary/aromatic N) is 3. The molecule has 0 spiro atoms. The molecule has 1 amide bonds. The molecule has 2 heterocycles. The number of amides is 1. The zero-order valence-electron chi connectivity index (χ0n) is 17.5. The predicted molar refractivity (Wildman–Crippen MR) is 113 cm³/mol. The van der Waals surface area contributed by atoms with Crippen molar-refractivity contribution in [1.82, 2.24) is 20.4 Å². The first-order valence-corrected chi connectivity index (χ1v) is 11.3. The molecule has 0 aliphatic carbocycles. The van der Waals surface area contributed by atoms with Crippen LogP contribution in [0.15, 0.2) is 58.2 Å². The van der Waals surface area contributed by atoms with E-state index in [1.54, 1.807) is 24.5 Å². The lowest BCUT2D eigenvalue weighted by molar-refractivity contribution is 0.0914. The standard InChI is InChI=1S/C21H24N4O5S/c1-14(2)18(21-24-19(25-30-21)15-8-10-22-11-9-15)23-20(26)16-4-6-17(7-5-16)31(27,28)13-12-29-3/h4-11,14,18H,12-13H2,1-3H3,(H,23,26).